The lowest BCUT2D eigenvalue weighted by molar-refractivity contribution is 0.0939. The van der Waals surface area contributed by atoms with Crippen molar-refractivity contribution in [3.05, 3.63) is 29.8 Å². The first-order valence-corrected chi connectivity index (χ1v) is 8.65. The molecule has 5 nitrogen and oxygen atoms in total. The lowest BCUT2D eigenvalue weighted by Gasteiger charge is -2.13. The second-order valence-corrected chi connectivity index (χ2v) is 7.32. The summed E-state index contributed by atoms with van der Waals surface area (Å²) in [6.45, 7) is 8.10. The molecule has 0 fully saturated rings. The van der Waals surface area contributed by atoms with E-state index in [1.54, 1.807) is 12.1 Å². The number of hydrogen-bond acceptors (Lipinski definition) is 3. The van der Waals surface area contributed by atoms with Crippen molar-refractivity contribution in [2.45, 2.75) is 45.1 Å². The van der Waals surface area contributed by atoms with Crippen LogP contribution < -0.4 is 10.0 Å². The molecule has 2 N–H and O–H groups in total. The first kappa shape index (κ1) is 17.7. The van der Waals surface area contributed by atoms with Crippen molar-refractivity contribution in [1.29, 1.82) is 0 Å². The monoisotopic (exact) mass is 312 g/mol. The molecule has 0 aliphatic heterocycles. The van der Waals surface area contributed by atoms with Gasteiger partial charge in [0.05, 0.1) is 4.90 Å². The minimum Gasteiger partial charge on any atom is -0.350 e. The molecule has 0 saturated heterocycles. The van der Waals surface area contributed by atoms with Crippen LogP contribution in [-0.2, 0) is 10.0 Å². The van der Waals surface area contributed by atoms with Gasteiger partial charge in [-0.15, -0.1) is 0 Å². The molecule has 21 heavy (non-hydrogen) atoms. The van der Waals surface area contributed by atoms with E-state index in [0.29, 0.717) is 12.1 Å². The van der Waals surface area contributed by atoms with E-state index in [1.807, 2.05) is 27.7 Å². The average Bonchev–Trinajstić information content (AvgIpc) is 2.45. The molecule has 1 aromatic carbocycles. The zero-order valence-corrected chi connectivity index (χ0v) is 13.8. The summed E-state index contributed by atoms with van der Waals surface area (Å²) in [4.78, 5) is 12.1. The highest BCUT2D eigenvalue weighted by atomic mass is 32.2. The highest BCUT2D eigenvalue weighted by Crippen LogP contribution is 2.12. The molecule has 1 amide bonds. The van der Waals surface area contributed by atoms with E-state index in [9.17, 15) is 13.2 Å². The van der Waals surface area contributed by atoms with E-state index < -0.39 is 10.0 Å². The van der Waals surface area contributed by atoms with Crippen LogP contribution in [0.1, 0.15) is 44.5 Å². The summed E-state index contributed by atoms with van der Waals surface area (Å²) in [7, 11) is -3.58. The van der Waals surface area contributed by atoms with Crippen LogP contribution in [0.15, 0.2) is 29.2 Å². The molecule has 6 heteroatoms. The lowest BCUT2D eigenvalue weighted by atomic mass is 10.2. The Balaban J connectivity index is 2.92. The topological polar surface area (TPSA) is 75.3 Å². The van der Waals surface area contributed by atoms with Crippen LogP contribution in [0.25, 0.3) is 0 Å². The van der Waals surface area contributed by atoms with Gasteiger partial charge < -0.3 is 5.32 Å². The Kier molecular flexibility index (Phi) is 6.36. The minimum atomic E-state index is -3.58. The SMILES string of the molecule is CCC(C)NC(=O)c1cccc(S(=O)(=O)NCC(C)C)c1. The summed E-state index contributed by atoms with van der Waals surface area (Å²) < 4.78 is 26.8. The summed E-state index contributed by atoms with van der Waals surface area (Å²) in [5.74, 6) is -0.0399. The smallest absolute Gasteiger partial charge is 0.251 e. The van der Waals surface area contributed by atoms with Gasteiger partial charge in [0.2, 0.25) is 10.0 Å². The normalized spacial score (nSPS) is 13.2. The van der Waals surface area contributed by atoms with Crippen molar-refractivity contribution in [2.75, 3.05) is 6.54 Å². The van der Waals surface area contributed by atoms with Crippen LogP contribution in [-0.4, -0.2) is 26.9 Å². The zero-order chi connectivity index (χ0) is 16.0. The van der Waals surface area contributed by atoms with E-state index in [0.717, 1.165) is 6.42 Å². The molecule has 0 aliphatic carbocycles. The molecule has 0 bridgehead atoms. The third-order valence-corrected chi connectivity index (χ3v) is 4.50. The van der Waals surface area contributed by atoms with Crippen LogP contribution in [0.2, 0.25) is 0 Å². The first-order valence-electron chi connectivity index (χ1n) is 7.16. The molecule has 0 aromatic heterocycles. The van der Waals surface area contributed by atoms with Crippen molar-refractivity contribution >= 4 is 15.9 Å². The maximum absolute atomic E-state index is 12.1. The van der Waals surface area contributed by atoms with Gasteiger partial charge in [0, 0.05) is 18.2 Å². The third-order valence-electron chi connectivity index (χ3n) is 3.08. The number of carbonyl (C=O) groups is 1. The van der Waals surface area contributed by atoms with Crippen molar-refractivity contribution in [3.63, 3.8) is 0 Å². The quantitative estimate of drug-likeness (QED) is 0.810. The van der Waals surface area contributed by atoms with Gasteiger partial charge in [-0.2, -0.15) is 0 Å². The Bertz CT molecular complexity index is 582. The van der Waals surface area contributed by atoms with Crippen molar-refractivity contribution in [1.82, 2.24) is 10.0 Å². The second kappa shape index (κ2) is 7.56. The van der Waals surface area contributed by atoms with Crippen LogP contribution in [0, 0.1) is 5.92 Å². The van der Waals surface area contributed by atoms with E-state index in [-0.39, 0.29) is 22.8 Å². The molecule has 0 aliphatic rings. The Labute approximate surface area is 127 Å². The summed E-state index contributed by atoms with van der Waals surface area (Å²) in [5.41, 5.74) is 0.350. The largest absolute Gasteiger partial charge is 0.350 e. The fraction of sp³-hybridized carbons (Fsp3) is 0.533. The highest BCUT2D eigenvalue weighted by Gasteiger charge is 2.16. The highest BCUT2D eigenvalue weighted by molar-refractivity contribution is 7.89. The van der Waals surface area contributed by atoms with Crippen LogP contribution in [0.4, 0.5) is 0 Å². The van der Waals surface area contributed by atoms with Gasteiger partial charge in [-0.25, -0.2) is 13.1 Å². The molecule has 0 heterocycles. The zero-order valence-electron chi connectivity index (χ0n) is 13.0. The van der Waals surface area contributed by atoms with E-state index in [1.165, 1.54) is 12.1 Å². The standard InChI is InChI=1S/C15H24N2O3S/c1-5-12(4)17-15(18)13-7-6-8-14(9-13)21(19,20)16-10-11(2)3/h6-9,11-12,16H,5,10H2,1-4H3,(H,17,18). The summed E-state index contributed by atoms with van der Waals surface area (Å²) in [5, 5.41) is 2.82. The third kappa shape index (κ3) is 5.47. The predicted molar refractivity (Wildman–Crippen MR) is 83.7 cm³/mol. The number of rotatable bonds is 7. The predicted octanol–water partition coefficient (Wildman–Crippen LogP) is 2.15. The molecule has 1 aromatic rings. The summed E-state index contributed by atoms with van der Waals surface area (Å²) in [6, 6.07) is 6.13. The number of amides is 1. The fourth-order valence-corrected chi connectivity index (χ4v) is 2.83. The van der Waals surface area contributed by atoms with Gasteiger partial charge >= 0.3 is 0 Å². The average molecular weight is 312 g/mol. The number of benzene rings is 1. The summed E-state index contributed by atoms with van der Waals surface area (Å²) in [6.07, 6.45) is 0.819. The van der Waals surface area contributed by atoms with Crippen LogP contribution in [0.5, 0.6) is 0 Å². The number of nitrogens with one attached hydrogen (secondary N) is 2. The van der Waals surface area contributed by atoms with Crippen molar-refractivity contribution in [3.8, 4) is 0 Å². The second-order valence-electron chi connectivity index (χ2n) is 5.56. The molecular formula is C15H24N2O3S. The Morgan fingerprint density at radius 2 is 1.90 bits per heavy atom. The van der Waals surface area contributed by atoms with Crippen LogP contribution in [0.3, 0.4) is 0 Å². The first-order chi connectivity index (χ1) is 9.76. The van der Waals surface area contributed by atoms with Gasteiger partial charge in [0.1, 0.15) is 0 Å². The van der Waals surface area contributed by atoms with E-state index >= 15 is 0 Å². The molecule has 1 rings (SSSR count). The molecule has 118 valence electrons. The molecular weight excluding hydrogens is 288 g/mol. The van der Waals surface area contributed by atoms with E-state index in [2.05, 4.69) is 10.0 Å². The maximum atomic E-state index is 12.1. The van der Waals surface area contributed by atoms with Gasteiger partial charge in [-0.3, -0.25) is 4.79 Å². The lowest BCUT2D eigenvalue weighted by Crippen LogP contribution is -2.32. The number of sulfonamides is 1. The molecule has 0 radical (unpaired) electrons. The Morgan fingerprint density at radius 1 is 1.24 bits per heavy atom. The van der Waals surface area contributed by atoms with Gasteiger partial charge in [-0.05, 0) is 37.5 Å². The molecule has 1 unspecified atom stereocenters. The maximum Gasteiger partial charge on any atom is 0.251 e. The summed E-state index contributed by atoms with van der Waals surface area (Å²) >= 11 is 0. The minimum absolute atomic E-state index is 0.0526. The van der Waals surface area contributed by atoms with E-state index in [4.69, 9.17) is 0 Å². The van der Waals surface area contributed by atoms with Crippen LogP contribution >= 0.6 is 0 Å². The number of hydrogen-bond donors (Lipinski definition) is 2. The van der Waals surface area contributed by atoms with Crippen molar-refractivity contribution < 1.29 is 13.2 Å². The Morgan fingerprint density at radius 3 is 2.48 bits per heavy atom. The van der Waals surface area contributed by atoms with Gasteiger partial charge in [0.15, 0.2) is 0 Å². The van der Waals surface area contributed by atoms with Gasteiger partial charge in [0.25, 0.3) is 5.91 Å². The van der Waals surface area contributed by atoms with Gasteiger partial charge in [-0.1, -0.05) is 26.8 Å². The molecule has 0 saturated carbocycles. The fourth-order valence-electron chi connectivity index (χ4n) is 1.57. The molecule has 0 spiro atoms. The van der Waals surface area contributed by atoms with Crippen molar-refractivity contribution in [2.24, 2.45) is 5.92 Å². The molecule has 1 atom stereocenters. The Hall–Kier alpha value is -1.40. The number of carbonyl (C=O) groups excluding carboxylic acids is 1.